The second-order valence-corrected chi connectivity index (χ2v) is 7.84. The SMILES string of the molecule is Cl.OC(COc1ccc(Cl)cc1Cl)Cn1c(C2CCOCC2)nc2ccccc21. The van der Waals surface area contributed by atoms with Gasteiger partial charge in [0.25, 0.3) is 0 Å². The Bertz CT molecular complexity index is 957. The molecule has 8 heteroatoms. The van der Waals surface area contributed by atoms with E-state index in [1.165, 1.54) is 0 Å². The Hall–Kier alpha value is -1.50. The number of halogens is 3. The van der Waals surface area contributed by atoms with Crippen molar-refractivity contribution in [2.45, 2.75) is 31.4 Å². The van der Waals surface area contributed by atoms with Crippen LogP contribution in [0.2, 0.25) is 10.0 Å². The summed E-state index contributed by atoms with van der Waals surface area (Å²) in [5.74, 6) is 1.85. The molecule has 0 saturated carbocycles. The van der Waals surface area contributed by atoms with Crippen LogP contribution in [0.15, 0.2) is 42.5 Å². The monoisotopic (exact) mass is 456 g/mol. The fraction of sp³-hybridized carbons (Fsp3) is 0.381. The molecule has 1 atom stereocenters. The van der Waals surface area contributed by atoms with E-state index in [1.807, 2.05) is 24.3 Å². The third-order valence-corrected chi connectivity index (χ3v) is 5.52. The molecule has 4 rings (SSSR count). The van der Waals surface area contributed by atoms with Crippen LogP contribution in [0.3, 0.4) is 0 Å². The maximum absolute atomic E-state index is 10.6. The van der Waals surface area contributed by atoms with Crippen molar-refractivity contribution in [3.63, 3.8) is 0 Å². The highest BCUT2D eigenvalue weighted by molar-refractivity contribution is 6.35. The molecule has 0 aliphatic carbocycles. The Kier molecular flexibility index (Phi) is 7.66. The summed E-state index contributed by atoms with van der Waals surface area (Å²) in [4.78, 5) is 4.85. The highest BCUT2D eigenvalue weighted by Crippen LogP contribution is 2.30. The Balaban J connectivity index is 0.00000240. The van der Waals surface area contributed by atoms with Crippen molar-refractivity contribution in [3.05, 3.63) is 58.3 Å². The first-order chi connectivity index (χ1) is 13.6. The van der Waals surface area contributed by atoms with Crippen LogP contribution >= 0.6 is 35.6 Å². The van der Waals surface area contributed by atoms with Crippen molar-refractivity contribution in [1.29, 1.82) is 0 Å². The first kappa shape index (κ1) is 22.2. The molecule has 0 spiro atoms. The summed E-state index contributed by atoms with van der Waals surface area (Å²) in [6.45, 7) is 2.02. The molecule has 0 amide bonds. The smallest absolute Gasteiger partial charge is 0.138 e. The average molecular weight is 458 g/mol. The van der Waals surface area contributed by atoms with Gasteiger partial charge in [-0.3, -0.25) is 0 Å². The second kappa shape index (κ2) is 10.0. The molecule has 1 fully saturated rings. The zero-order chi connectivity index (χ0) is 19.5. The predicted molar refractivity (Wildman–Crippen MR) is 118 cm³/mol. The molecule has 1 unspecified atom stereocenters. The van der Waals surface area contributed by atoms with Gasteiger partial charge in [0.1, 0.15) is 24.3 Å². The molecule has 1 aromatic heterocycles. The Morgan fingerprint density at radius 1 is 1.17 bits per heavy atom. The lowest BCUT2D eigenvalue weighted by Crippen LogP contribution is -2.26. The molecule has 156 valence electrons. The number of aliphatic hydroxyl groups is 1. The zero-order valence-electron chi connectivity index (χ0n) is 15.8. The number of benzene rings is 2. The summed E-state index contributed by atoms with van der Waals surface area (Å²) in [6.07, 6.45) is 1.18. The molecular weight excluding hydrogens is 435 g/mol. The van der Waals surface area contributed by atoms with Crippen molar-refractivity contribution in [3.8, 4) is 5.75 Å². The summed E-state index contributed by atoms with van der Waals surface area (Å²) in [7, 11) is 0. The number of imidazole rings is 1. The summed E-state index contributed by atoms with van der Waals surface area (Å²) in [5, 5.41) is 11.6. The van der Waals surface area contributed by atoms with Crippen LogP contribution < -0.4 is 4.74 Å². The molecule has 1 aliphatic heterocycles. The van der Waals surface area contributed by atoms with Crippen LogP contribution in [0.25, 0.3) is 11.0 Å². The molecular formula is C21H23Cl3N2O3. The number of hydrogen-bond donors (Lipinski definition) is 1. The quantitative estimate of drug-likeness (QED) is 0.559. The maximum atomic E-state index is 10.6. The number of rotatable bonds is 6. The van der Waals surface area contributed by atoms with Crippen LogP contribution in [0.1, 0.15) is 24.6 Å². The third kappa shape index (κ3) is 5.16. The molecule has 1 saturated heterocycles. The molecule has 5 nitrogen and oxygen atoms in total. The molecule has 3 aromatic rings. The first-order valence-corrected chi connectivity index (χ1v) is 10.2. The van der Waals surface area contributed by atoms with Gasteiger partial charge in [-0.25, -0.2) is 4.98 Å². The summed E-state index contributed by atoms with van der Waals surface area (Å²) in [6, 6.07) is 13.1. The van der Waals surface area contributed by atoms with E-state index in [4.69, 9.17) is 37.7 Å². The minimum atomic E-state index is -0.706. The molecule has 2 heterocycles. The fourth-order valence-electron chi connectivity index (χ4n) is 3.60. The van der Waals surface area contributed by atoms with Crippen LogP contribution in [0.5, 0.6) is 5.75 Å². The lowest BCUT2D eigenvalue weighted by molar-refractivity contribution is 0.0780. The van der Waals surface area contributed by atoms with E-state index >= 15 is 0 Å². The highest BCUT2D eigenvalue weighted by atomic mass is 35.5. The van der Waals surface area contributed by atoms with E-state index < -0.39 is 6.10 Å². The number of hydrogen-bond acceptors (Lipinski definition) is 4. The van der Waals surface area contributed by atoms with E-state index in [-0.39, 0.29) is 19.0 Å². The molecule has 1 N–H and O–H groups in total. The normalized spacial score (nSPS) is 15.8. The average Bonchev–Trinajstić information content (AvgIpc) is 3.06. The van der Waals surface area contributed by atoms with Crippen LogP contribution in [-0.4, -0.2) is 40.6 Å². The van der Waals surface area contributed by atoms with Crippen molar-refractivity contribution >= 4 is 46.6 Å². The Morgan fingerprint density at radius 2 is 1.93 bits per heavy atom. The second-order valence-electron chi connectivity index (χ2n) is 7.00. The van der Waals surface area contributed by atoms with E-state index in [0.29, 0.717) is 28.3 Å². The molecule has 0 bridgehead atoms. The minimum absolute atomic E-state index is 0. The number of fused-ring (bicyclic) bond motifs is 1. The fourth-order valence-corrected chi connectivity index (χ4v) is 4.06. The Labute approximate surface area is 186 Å². The summed E-state index contributed by atoms with van der Waals surface area (Å²) >= 11 is 12.1. The zero-order valence-corrected chi connectivity index (χ0v) is 18.1. The van der Waals surface area contributed by atoms with Gasteiger partial charge >= 0.3 is 0 Å². The van der Waals surface area contributed by atoms with Gasteiger partial charge in [0, 0.05) is 24.2 Å². The summed E-state index contributed by atoms with van der Waals surface area (Å²) in [5.41, 5.74) is 1.96. The van der Waals surface area contributed by atoms with Gasteiger partial charge in [0.2, 0.25) is 0 Å². The van der Waals surface area contributed by atoms with Crippen LogP contribution in [-0.2, 0) is 11.3 Å². The van der Waals surface area contributed by atoms with E-state index in [0.717, 1.165) is 42.9 Å². The van der Waals surface area contributed by atoms with Gasteiger partial charge in [-0.2, -0.15) is 0 Å². The van der Waals surface area contributed by atoms with Gasteiger partial charge in [0.15, 0.2) is 0 Å². The number of ether oxygens (including phenoxy) is 2. The third-order valence-electron chi connectivity index (χ3n) is 4.99. The van der Waals surface area contributed by atoms with E-state index in [2.05, 4.69) is 4.57 Å². The van der Waals surface area contributed by atoms with Crippen molar-refractivity contribution in [2.75, 3.05) is 19.8 Å². The maximum Gasteiger partial charge on any atom is 0.138 e. The lowest BCUT2D eigenvalue weighted by Gasteiger charge is -2.23. The molecule has 29 heavy (non-hydrogen) atoms. The van der Waals surface area contributed by atoms with Crippen LogP contribution in [0, 0.1) is 0 Å². The van der Waals surface area contributed by atoms with Crippen LogP contribution in [0.4, 0.5) is 0 Å². The van der Waals surface area contributed by atoms with Crippen molar-refractivity contribution < 1.29 is 14.6 Å². The topological polar surface area (TPSA) is 56.5 Å². The number of para-hydroxylation sites is 2. The number of aromatic nitrogens is 2. The van der Waals surface area contributed by atoms with Crippen molar-refractivity contribution in [1.82, 2.24) is 9.55 Å². The van der Waals surface area contributed by atoms with E-state index in [9.17, 15) is 5.11 Å². The molecule has 1 aliphatic rings. The van der Waals surface area contributed by atoms with Gasteiger partial charge in [-0.15, -0.1) is 12.4 Å². The molecule has 0 radical (unpaired) electrons. The summed E-state index contributed by atoms with van der Waals surface area (Å²) < 4.78 is 13.3. The highest BCUT2D eigenvalue weighted by Gasteiger charge is 2.24. The Morgan fingerprint density at radius 3 is 2.69 bits per heavy atom. The van der Waals surface area contributed by atoms with Crippen molar-refractivity contribution in [2.24, 2.45) is 0 Å². The molecule has 2 aromatic carbocycles. The lowest BCUT2D eigenvalue weighted by atomic mass is 9.99. The largest absolute Gasteiger partial charge is 0.489 e. The predicted octanol–water partition coefficient (Wildman–Crippen LogP) is 5.10. The number of nitrogens with zero attached hydrogens (tertiary/aromatic N) is 2. The standard InChI is InChI=1S/C21H22Cl2N2O3.ClH/c22-15-5-6-20(17(23)11-15)28-13-16(26)12-25-19-4-2-1-3-18(19)24-21(25)14-7-9-27-10-8-14;/h1-6,11,14,16,26H,7-10,12-13H2;1H. The number of aliphatic hydroxyl groups excluding tert-OH is 1. The van der Waals surface area contributed by atoms with E-state index in [1.54, 1.807) is 18.2 Å². The van der Waals surface area contributed by atoms with Gasteiger partial charge in [-0.1, -0.05) is 35.3 Å². The minimum Gasteiger partial charge on any atom is -0.489 e. The van der Waals surface area contributed by atoms with Gasteiger partial charge < -0.3 is 19.1 Å². The first-order valence-electron chi connectivity index (χ1n) is 9.40. The van der Waals surface area contributed by atoms with Gasteiger partial charge in [-0.05, 0) is 43.2 Å². The van der Waals surface area contributed by atoms with Gasteiger partial charge in [0.05, 0.1) is 22.6 Å².